The molecule has 0 radical (unpaired) electrons. The number of para-hydroxylation sites is 1. The van der Waals surface area contributed by atoms with E-state index < -0.39 is 37.0 Å². The van der Waals surface area contributed by atoms with Crippen molar-refractivity contribution in [2.75, 3.05) is 25.5 Å². The topological polar surface area (TPSA) is 200 Å². The lowest BCUT2D eigenvalue weighted by atomic mass is 10.0. The molecule has 11 heteroatoms. The highest BCUT2D eigenvalue weighted by Crippen LogP contribution is 2.16. The third kappa shape index (κ3) is 9.83. The molecule has 0 saturated carbocycles. The first kappa shape index (κ1) is 29.0. The zero-order valence-electron chi connectivity index (χ0n) is 18.7. The molecule has 9 N–H and O–H groups in total. The first-order valence-corrected chi connectivity index (χ1v) is 10.5. The van der Waals surface area contributed by atoms with Crippen LogP contribution in [0.25, 0.3) is 0 Å². The monoisotopic (exact) mass is 480 g/mol. The summed E-state index contributed by atoms with van der Waals surface area (Å²) in [5.41, 5.74) is 1.28. The van der Waals surface area contributed by atoms with Gasteiger partial charge in [0.1, 0.15) is 24.1 Å². The number of carbonyl (C=O) groups is 2. The Morgan fingerprint density at radius 2 is 1.50 bits per heavy atom. The zero-order chi connectivity index (χ0) is 25.7. The van der Waals surface area contributed by atoms with Crippen molar-refractivity contribution in [1.29, 1.82) is 0 Å². The van der Waals surface area contributed by atoms with E-state index in [1.54, 1.807) is 49.5 Å². The van der Waals surface area contributed by atoms with Crippen molar-refractivity contribution in [3.63, 3.8) is 0 Å². The maximum atomic E-state index is 11.9. The van der Waals surface area contributed by atoms with Crippen molar-refractivity contribution in [3.8, 4) is 5.75 Å². The Balaban J connectivity index is 0.000000385. The number of aromatic carboxylic acids is 1. The second-order valence-electron chi connectivity index (χ2n) is 7.42. The Morgan fingerprint density at radius 1 is 0.912 bits per heavy atom. The van der Waals surface area contributed by atoms with Crippen LogP contribution in [0, 0.1) is 0 Å². The van der Waals surface area contributed by atoms with Crippen LogP contribution in [0.5, 0.6) is 5.75 Å². The summed E-state index contributed by atoms with van der Waals surface area (Å²) in [7, 11) is 1.57. The molecule has 0 aliphatic heterocycles. The summed E-state index contributed by atoms with van der Waals surface area (Å²) in [4.78, 5) is 22.9. The molecule has 0 heterocycles. The average Bonchev–Trinajstić information content (AvgIpc) is 2.83. The minimum Gasteiger partial charge on any atom is -0.508 e. The maximum absolute atomic E-state index is 11.9. The predicted molar refractivity (Wildman–Crippen MR) is 123 cm³/mol. The van der Waals surface area contributed by atoms with Crippen LogP contribution in [-0.2, 0) is 11.2 Å². The highest BCUT2D eigenvalue weighted by atomic mass is 16.4. The first-order chi connectivity index (χ1) is 16.1. The number of rotatable bonds is 11. The molecule has 0 fully saturated rings. The summed E-state index contributed by atoms with van der Waals surface area (Å²) in [6.07, 6.45) is -4.90. The van der Waals surface area contributed by atoms with Crippen molar-refractivity contribution in [2.24, 2.45) is 0 Å². The summed E-state index contributed by atoms with van der Waals surface area (Å²) in [6, 6.07) is 12.9. The number of phenolic OH excluding ortho intramolecular Hbond substituents is 1. The highest BCUT2D eigenvalue weighted by molar-refractivity contribution is 6.00. The molecular formula is C23H32N2O9. The number of nitrogens with one attached hydrogen (secondary N) is 2. The van der Waals surface area contributed by atoms with Crippen LogP contribution in [0.15, 0.2) is 48.5 Å². The van der Waals surface area contributed by atoms with Gasteiger partial charge in [-0.25, -0.2) is 4.79 Å². The SMILES string of the molecule is CNCC(O)C(O)C(O)C(O)CO.O=C(CCc1ccc(O)cc1)Nc1ccccc1C(=O)O. The van der Waals surface area contributed by atoms with Crippen LogP contribution in [0.2, 0.25) is 0 Å². The fourth-order valence-corrected chi connectivity index (χ4v) is 2.80. The van der Waals surface area contributed by atoms with Gasteiger partial charge in [0.05, 0.1) is 24.0 Å². The van der Waals surface area contributed by atoms with Gasteiger partial charge in [0.25, 0.3) is 0 Å². The van der Waals surface area contributed by atoms with Crippen LogP contribution >= 0.6 is 0 Å². The summed E-state index contributed by atoms with van der Waals surface area (Å²) >= 11 is 0. The lowest BCUT2D eigenvalue weighted by molar-refractivity contribution is -0.116. The fraction of sp³-hybridized carbons (Fsp3) is 0.391. The van der Waals surface area contributed by atoms with Gasteiger partial charge in [-0.3, -0.25) is 4.79 Å². The van der Waals surface area contributed by atoms with Crippen molar-refractivity contribution in [1.82, 2.24) is 5.32 Å². The van der Waals surface area contributed by atoms with Gasteiger partial charge in [0, 0.05) is 13.0 Å². The number of phenols is 1. The number of carboxylic acids is 1. The number of aliphatic hydroxyl groups excluding tert-OH is 5. The first-order valence-electron chi connectivity index (χ1n) is 10.5. The van der Waals surface area contributed by atoms with Crippen molar-refractivity contribution in [3.05, 3.63) is 59.7 Å². The van der Waals surface area contributed by atoms with E-state index in [1.165, 1.54) is 6.07 Å². The Labute approximate surface area is 196 Å². The van der Waals surface area contributed by atoms with Crippen LogP contribution in [0.3, 0.4) is 0 Å². The summed E-state index contributed by atoms with van der Waals surface area (Å²) in [5.74, 6) is -1.15. The standard InChI is InChI=1S/C16H15NO4.C7H17NO5/c18-12-8-5-11(6-9-12)7-10-15(19)17-14-4-2-1-3-13(14)16(20)21;1-8-2-4(10)6(12)7(13)5(11)3-9/h1-6,8-9,18H,7,10H2,(H,17,19)(H,20,21);4-13H,2-3H2,1H3. The molecule has 2 rings (SSSR count). The smallest absolute Gasteiger partial charge is 0.337 e. The van der Waals surface area contributed by atoms with Gasteiger partial charge in [0.2, 0.25) is 5.91 Å². The Kier molecular flexibility index (Phi) is 12.7. The largest absolute Gasteiger partial charge is 0.508 e. The molecule has 188 valence electrons. The van der Waals surface area contributed by atoms with Gasteiger partial charge in [0.15, 0.2) is 0 Å². The van der Waals surface area contributed by atoms with E-state index in [9.17, 15) is 19.8 Å². The molecule has 0 aliphatic carbocycles. The summed E-state index contributed by atoms with van der Waals surface area (Å²) in [6.45, 7) is -0.569. The molecule has 0 aromatic heterocycles. The molecule has 2 aromatic rings. The number of likely N-dealkylation sites (N-methyl/N-ethyl adjacent to an activating group) is 1. The molecule has 4 unspecified atom stereocenters. The zero-order valence-corrected chi connectivity index (χ0v) is 18.7. The number of aliphatic hydroxyl groups is 5. The number of hydrogen-bond acceptors (Lipinski definition) is 9. The molecule has 1 amide bonds. The lowest BCUT2D eigenvalue weighted by Crippen LogP contribution is -2.48. The van der Waals surface area contributed by atoms with Crippen LogP contribution in [0.4, 0.5) is 5.69 Å². The molecule has 34 heavy (non-hydrogen) atoms. The number of amides is 1. The predicted octanol–water partition coefficient (Wildman–Crippen LogP) is -0.697. The molecule has 4 atom stereocenters. The number of aromatic hydroxyl groups is 1. The second-order valence-corrected chi connectivity index (χ2v) is 7.42. The van der Waals surface area contributed by atoms with Gasteiger partial charge in [-0.1, -0.05) is 24.3 Å². The molecular weight excluding hydrogens is 448 g/mol. The number of carboxylic acid groups (broad SMARTS) is 1. The molecule has 0 bridgehead atoms. The Hall–Kier alpha value is -3.06. The number of anilines is 1. The molecule has 0 saturated heterocycles. The third-order valence-corrected chi connectivity index (χ3v) is 4.75. The summed E-state index contributed by atoms with van der Waals surface area (Å²) < 4.78 is 0. The number of benzene rings is 2. The average molecular weight is 481 g/mol. The Morgan fingerprint density at radius 3 is 2.06 bits per heavy atom. The Bertz CT molecular complexity index is 892. The minimum absolute atomic E-state index is 0.0653. The van der Waals surface area contributed by atoms with E-state index in [-0.39, 0.29) is 30.2 Å². The van der Waals surface area contributed by atoms with E-state index in [0.717, 1.165) is 5.56 Å². The molecule has 0 spiro atoms. The van der Waals surface area contributed by atoms with E-state index in [2.05, 4.69) is 10.6 Å². The van der Waals surface area contributed by atoms with Crippen LogP contribution in [0.1, 0.15) is 22.3 Å². The van der Waals surface area contributed by atoms with Crippen LogP contribution < -0.4 is 10.6 Å². The molecule has 0 aliphatic rings. The maximum Gasteiger partial charge on any atom is 0.337 e. The fourth-order valence-electron chi connectivity index (χ4n) is 2.80. The van der Waals surface area contributed by atoms with E-state index >= 15 is 0 Å². The summed E-state index contributed by atoms with van der Waals surface area (Å²) in [5, 5.41) is 68.3. The van der Waals surface area contributed by atoms with Gasteiger partial charge in [-0.15, -0.1) is 0 Å². The molecule has 2 aromatic carbocycles. The van der Waals surface area contributed by atoms with E-state index in [1.807, 2.05) is 0 Å². The quantitative estimate of drug-likeness (QED) is 0.198. The van der Waals surface area contributed by atoms with Gasteiger partial charge in [-0.05, 0) is 43.3 Å². The highest BCUT2D eigenvalue weighted by Gasteiger charge is 2.29. The number of hydrogen-bond donors (Lipinski definition) is 9. The van der Waals surface area contributed by atoms with Gasteiger partial charge < -0.3 is 46.4 Å². The van der Waals surface area contributed by atoms with E-state index in [4.69, 9.17) is 25.5 Å². The number of carbonyl (C=O) groups excluding carboxylic acids is 1. The van der Waals surface area contributed by atoms with E-state index in [0.29, 0.717) is 12.1 Å². The third-order valence-electron chi connectivity index (χ3n) is 4.75. The second kappa shape index (κ2) is 15.0. The van der Waals surface area contributed by atoms with Crippen molar-refractivity contribution >= 4 is 17.6 Å². The lowest BCUT2D eigenvalue weighted by Gasteiger charge is -2.25. The van der Waals surface area contributed by atoms with Crippen molar-refractivity contribution < 1.29 is 45.3 Å². The molecule has 11 nitrogen and oxygen atoms in total. The van der Waals surface area contributed by atoms with Gasteiger partial charge in [-0.2, -0.15) is 0 Å². The minimum atomic E-state index is -1.55. The normalized spacial score (nSPS) is 14.2. The van der Waals surface area contributed by atoms with Crippen LogP contribution in [-0.4, -0.2) is 92.2 Å². The van der Waals surface area contributed by atoms with Gasteiger partial charge >= 0.3 is 5.97 Å². The number of aryl methyl sites for hydroxylation is 1. The van der Waals surface area contributed by atoms with Crippen molar-refractivity contribution in [2.45, 2.75) is 37.3 Å².